The molecule has 0 aromatic carbocycles. The van der Waals surface area contributed by atoms with Gasteiger partial charge in [0.25, 0.3) is 0 Å². The predicted octanol–water partition coefficient (Wildman–Crippen LogP) is -0.305. The topological polar surface area (TPSA) is 91.4 Å². The summed E-state index contributed by atoms with van der Waals surface area (Å²) in [5.41, 5.74) is 5.68. The van der Waals surface area contributed by atoms with Crippen molar-refractivity contribution in [2.45, 2.75) is 19.0 Å². The fourth-order valence-corrected chi connectivity index (χ4v) is 1.11. The molecule has 1 heterocycles. The number of hydrogen-bond acceptors (Lipinski definition) is 5. The van der Waals surface area contributed by atoms with Crippen molar-refractivity contribution in [1.82, 2.24) is 4.98 Å². The predicted molar refractivity (Wildman–Crippen MR) is 58.3 cm³/mol. The van der Waals surface area contributed by atoms with E-state index < -0.39 is 5.54 Å². The van der Waals surface area contributed by atoms with Crippen LogP contribution in [0.15, 0.2) is 18.3 Å². The van der Waals surface area contributed by atoms with Gasteiger partial charge in [-0.15, -0.1) is 0 Å². The molecular weight excluding hydrogens is 194 g/mol. The van der Waals surface area contributed by atoms with Crippen LogP contribution < -0.4 is 11.1 Å². The quantitative estimate of drug-likeness (QED) is 0.536. The second-order valence-corrected chi connectivity index (χ2v) is 3.76. The number of hydrogen-bond donors (Lipinski definition) is 4. The molecule has 0 aliphatic carbocycles. The van der Waals surface area contributed by atoms with Gasteiger partial charge in [0, 0.05) is 12.7 Å². The Hall–Kier alpha value is -1.17. The first kappa shape index (κ1) is 11.9. The molecule has 0 aliphatic rings. The fraction of sp³-hybridized carbons (Fsp3) is 0.500. The number of nitrogens with zero attached hydrogens (tertiary/aromatic N) is 1. The van der Waals surface area contributed by atoms with Crippen molar-refractivity contribution in [2.24, 2.45) is 5.73 Å². The molecule has 15 heavy (non-hydrogen) atoms. The van der Waals surface area contributed by atoms with E-state index in [1.54, 1.807) is 19.2 Å². The molecule has 0 radical (unpaired) electrons. The number of aliphatic hydroxyl groups is 2. The first-order valence-corrected chi connectivity index (χ1v) is 4.78. The van der Waals surface area contributed by atoms with E-state index in [0.29, 0.717) is 12.4 Å². The van der Waals surface area contributed by atoms with Gasteiger partial charge < -0.3 is 21.3 Å². The summed E-state index contributed by atoms with van der Waals surface area (Å²) in [6.07, 6.45) is 1.64. The summed E-state index contributed by atoms with van der Waals surface area (Å²) < 4.78 is 0. The van der Waals surface area contributed by atoms with Crippen molar-refractivity contribution >= 4 is 5.82 Å². The van der Waals surface area contributed by atoms with Crippen LogP contribution in [-0.2, 0) is 6.54 Å². The van der Waals surface area contributed by atoms with Gasteiger partial charge in [0.05, 0.1) is 18.8 Å². The van der Waals surface area contributed by atoms with E-state index in [1.807, 2.05) is 6.07 Å². The number of nitrogens with two attached hydrogens (primary N) is 1. The summed E-state index contributed by atoms with van der Waals surface area (Å²) in [7, 11) is 0. The highest BCUT2D eigenvalue weighted by Gasteiger charge is 2.22. The number of aliphatic hydroxyl groups excluding tert-OH is 2. The van der Waals surface area contributed by atoms with Crippen LogP contribution in [-0.4, -0.2) is 33.9 Å². The average Bonchev–Trinajstić information content (AvgIpc) is 2.29. The largest absolute Gasteiger partial charge is 0.394 e. The van der Waals surface area contributed by atoms with E-state index in [-0.39, 0.29) is 13.2 Å². The normalized spacial score (nSPS) is 11.5. The van der Waals surface area contributed by atoms with Crippen molar-refractivity contribution in [3.05, 3.63) is 23.9 Å². The van der Waals surface area contributed by atoms with E-state index in [4.69, 9.17) is 15.9 Å². The standard InChI is InChI=1S/C10H17N3O2/c1-10(6-14,7-15)13-9-4-8(5-11)2-3-12-9/h2-4,14-15H,5-7,11H2,1H3,(H,12,13). The summed E-state index contributed by atoms with van der Waals surface area (Å²) in [4.78, 5) is 4.08. The van der Waals surface area contributed by atoms with E-state index >= 15 is 0 Å². The number of rotatable bonds is 5. The van der Waals surface area contributed by atoms with Crippen molar-refractivity contribution in [3.63, 3.8) is 0 Å². The highest BCUT2D eigenvalue weighted by atomic mass is 16.3. The van der Waals surface area contributed by atoms with Crippen molar-refractivity contribution in [1.29, 1.82) is 0 Å². The Kier molecular flexibility index (Phi) is 4.02. The van der Waals surface area contributed by atoms with E-state index in [2.05, 4.69) is 10.3 Å². The molecule has 84 valence electrons. The number of nitrogens with one attached hydrogen (secondary N) is 1. The minimum Gasteiger partial charge on any atom is -0.394 e. The van der Waals surface area contributed by atoms with E-state index in [9.17, 15) is 0 Å². The Labute approximate surface area is 89.0 Å². The molecule has 0 saturated carbocycles. The lowest BCUT2D eigenvalue weighted by Crippen LogP contribution is -2.42. The molecule has 1 rings (SSSR count). The van der Waals surface area contributed by atoms with Gasteiger partial charge in [-0.05, 0) is 24.6 Å². The van der Waals surface area contributed by atoms with Gasteiger partial charge in [0.1, 0.15) is 5.82 Å². The SMILES string of the molecule is CC(CO)(CO)Nc1cc(CN)ccn1. The molecule has 0 spiro atoms. The second-order valence-electron chi connectivity index (χ2n) is 3.76. The molecule has 0 bridgehead atoms. The lowest BCUT2D eigenvalue weighted by molar-refractivity contribution is 0.147. The maximum atomic E-state index is 9.10. The number of aromatic nitrogens is 1. The molecule has 0 fully saturated rings. The number of pyridine rings is 1. The monoisotopic (exact) mass is 211 g/mol. The van der Waals surface area contributed by atoms with Gasteiger partial charge in [-0.25, -0.2) is 4.98 Å². The van der Waals surface area contributed by atoms with Crippen LogP contribution in [0.3, 0.4) is 0 Å². The third-order valence-corrected chi connectivity index (χ3v) is 2.19. The van der Waals surface area contributed by atoms with Gasteiger partial charge in [0.15, 0.2) is 0 Å². The van der Waals surface area contributed by atoms with E-state index in [1.165, 1.54) is 0 Å². The van der Waals surface area contributed by atoms with Crippen molar-refractivity contribution in [3.8, 4) is 0 Å². The highest BCUT2D eigenvalue weighted by Crippen LogP contribution is 2.13. The van der Waals surface area contributed by atoms with E-state index in [0.717, 1.165) is 5.56 Å². The summed E-state index contributed by atoms with van der Waals surface area (Å²) in [5.74, 6) is 0.601. The zero-order valence-electron chi connectivity index (χ0n) is 8.77. The Bertz CT molecular complexity index is 313. The first-order valence-electron chi connectivity index (χ1n) is 4.78. The Morgan fingerprint density at radius 3 is 2.67 bits per heavy atom. The van der Waals surface area contributed by atoms with Gasteiger partial charge in [-0.3, -0.25) is 0 Å². The third-order valence-electron chi connectivity index (χ3n) is 2.19. The Morgan fingerprint density at radius 2 is 2.13 bits per heavy atom. The Morgan fingerprint density at radius 1 is 1.47 bits per heavy atom. The highest BCUT2D eigenvalue weighted by molar-refractivity contribution is 5.40. The molecule has 5 heteroatoms. The van der Waals surface area contributed by atoms with Crippen LogP contribution in [0.4, 0.5) is 5.82 Å². The molecule has 0 saturated heterocycles. The second kappa shape index (κ2) is 5.06. The van der Waals surface area contributed by atoms with Gasteiger partial charge in [0.2, 0.25) is 0 Å². The van der Waals surface area contributed by atoms with Crippen LogP contribution in [0.2, 0.25) is 0 Å². The summed E-state index contributed by atoms with van der Waals surface area (Å²) in [6, 6.07) is 3.62. The molecule has 0 aliphatic heterocycles. The zero-order chi connectivity index (χ0) is 11.3. The van der Waals surface area contributed by atoms with Crippen LogP contribution in [0.1, 0.15) is 12.5 Å². The van der Waals surface area contributed by atoms with Crippen LogP contribution in [0, 0.1) is 0 Å². The van der Waals surface area contributed by atoms with Gasteiger partial charge in [-0.1, -0.05) is 0 Å². The molecule has 0 atom stereocenters. The Balaban J connectivity index is 2.79. The summed E-state index contributed by atoms with van der Waals surface area (Å²) in [5, 5.41) is 21.2. The third kappa shape index (κ3) is 3.16. The first-order chi connectivity index (χ1) is 7.13. The average molecular weight is 211 g/mol. The minimum absolute atomic E-state index is 0.169. The lowest BCUT2D eigenvalue weighted by atomic mass is 10.1. The smallest absolute Gasteiger partial charge is 0.126 e. The number of anilines is 1. The molecule has 0 unspecified atom stereocenters. The van der Waals surface area contributed by atoms with Crippen molar-refractivity contribution in [2.75, 3.05) is 18.5 Å². The maximum Gasteiger partial charge on any atom is 0.126 e. The zero-order valence-corrected chi connectivity index (χ0v) is 8.77. The summed E-state index contributed by atoms with van der Waals surface area (Å²) >= 11 is 0. The fourth-order valence-electron chi connectivity index (χ4n) is 1.11. The molecule has 1 aromatic rings. The minimum atomic E-state index is -0.764. The van der Waals surface area contributed by atoms with Crippen molar-refractivity contribution < 1.29 is 10.2 Å². The van der Waals surface area contributed by atoms with Crippen LogP contribution >= 0.6 is 0 Å². The maximum absolute atomic E-state index is 9.10. The molecule has 5 nitrogen and oxygen atoms in total. The molecule has 0 amide bonds. The van der Waals surface area contributed by atoms with Crippen LogP contribution in [0.5, 0.6) is 0 Å². The molecule has 1 aromatic heterocycles. The van der Waals surface area contributed by atoms with Crippen LogP contribution in [0.25, 0.3) is 0 Å². The summed E-state index contributed by atoms with van der Waals surface area (Å²) in [6.45, 7) is 1.81. The molecular formula is C10H17N3O2. The lowest BCUT2D eigenvalue weighted by Gasteiger charge is -2.26. The molecule has 5 N–H and O–H groups in total. The van der Waals surface area contributed by atoms with Gasteiger partial charge in [-0.2, -0.15) is 0 Å². The van der Waals surface area contributed by atoms with Gasteiger partial charge >= 0.3 is 0 Å².